The maximum atomic E-state index is 13.0. The minimum atomic E-state index is -0.443. The molecule has 2 aromatic heterocycles. The largest absolute Gasteiger partial charge is 0.461 e. The van der Waals surface area contributed by atoms with Gasteiger partial charge in [-0.25, -0.2) is 4.79 Å². The van der Waals surface area contributed by atoms with Gasteiger partial charge in [-0.2, -0.15) is 4.98 Å². The summed E-state index contributed by atoms with van der Waals surface area (Å²) in [4.78, 5) is 44.3. The van der Waals surface area contributed by atoms with Gasteiger partial charge in [-0.1, -0.05) is 23.7 Å². The van der Waals surface area contributed by atoms with Crippen LogP contribution in [0.4, 0.5) is 0 Å². The molecule has 9 nitrogen and oxygen atoms in total. The Morgan fingerprint density at radius 2 is 1.73 bits per heavy atom. The van der Waals surface area contributed by atoms with Crippen molar-refractivity contribution < 1.29 is 9.53 Å². The first kappa shape index (κ1) is 21.8. The summed E-state index contributed by atoms with van der Waals surface area (Å²) in [6.07, 6.45) is 3.25. The van der Waals surface area contributed by atoms with Crippen LogP contribution in [0.25, 0.3) is 11.2 Å². The van der Waals surface area contributed by atoms with Crippen LogP contribution in [-0.4, -0.2) is 48.7 Å². The second kappa shape index (κ2) is 8.37. The summed E-state index contributed by atoms with van der Waals surface area (Å²) in [7, 11) is 3.05. The van der Waals surface area contributed by atoms with Gasteiger partial charge in [0.2, 0.25) is 5.91 Å². The smallest absolute Gasteiger partial charge is 0.332 e. The van der Waals surface area contributed by atoms with Crippen LogP contribution in [0.5, 0.6) is 6.01 Å². The molecule has 0 atom stereocenters. The number of imidazole rings is 1. The van der Waals surface area contributed by atoms with E-state index in [0.717, 1.165) is 23.0 Å². The summed E-state index contributed by atoms with van der Waals surface area (Å²) in [5.74, 6) is 0.463. The number of ether oxygens (including phenoxy) is 1. The maximum absolute atomic E-state index is 13.0. The minimum absolute atomic E-state index is 0.130. The van der Waals surface area contributed by atoms with Gasteiger partial charge in [0.25, 0.3) is 11.6 Å². The number of aryl methyl sites for hydroxylation is 1. The lowest BCUT2D eigenvalue weighted by Gasteiger charge is -2.32. The van der Waals surface area contributed by atoms with Crippen LogP contribution < -0.4 is 16.0 Å². The van der Waals surface area contributed by atoms with Crippen LogP contribution in [-0.2, 0) is 25.4 Å². The van der Waals surface area contributed by atoms with Crippen molar-refractivity contribution in [2.45, 2.75) is 38.3 Å². The molecule has 1 aromatic carbocycles. The Morgan fingerprint density at radius 3 is 2.36 bits per heavy atom. The van der Waals surface area contributed by atoms with Gasteiger partial charge >= 0.3 is 5.69 Å². The van der Waals surface area contributed by atoms with E-state index < -0.39 is 11.2 Å². The zero-order valence-corrected chi connectivity index (χ0v) is 19.4. The highest BCUT2D eigenvalue weighted by Crippen LogP contribution is 2.32. The van der Waals surface area contributed by atoms with Crippen molar-refractivity contribution in [1.29, 1.82) is 0 Å². The minimum Gasteiger partial charge on any atom is -0.461 e. The van der Waals surface area contributed by atoms with Crippen molar-refractivity contribution in [2.75, 3.05) is 13.1 Å². The summed E-state index contributed by atoms with van der Waals surface area (Å²) >= 11 is 6.03. The fourth-order valence-electron chi connectivity index (χ4n) is 4.37. The van der Waals surface area contributed by atoms with Gasteiger partial charge in [0, 0.05) is 51.0 Å². The van der Waals surface area contributed by atoms with Crippen LogP contribution in [0.15, 0.2) is 33.9 Å². The van der Waals surface area contributed by atoms with Gasteiger partial charge in [-0.05, 0) is 30.5 Å². The number of piperidine rings is 1. The highest BCUT2D eigenvalue weighted by Gasteiger charge is 2.35. The van der Waals surface area contributed by atoms with E-state index in [1.165, 1.54) is 11.6 Å². The molecule has 3 heterocycles. The second-order valence-electron chi connectivity index (χ2n) is 8.90. The number of hydrogen-bond acceptors (Lipinski definition) is 5. The van der Waals surface area contributed by atoms with Crippen molar-refractivity contribution in [3.05, 3.63) is 55.7 Å². The number of amides is 1. The number of carbonyl (C=O) groups excluding carboxylic acids is 1. The van der Waals surface area contributed by atoms with Gasteiger partial charge < -0.3 is 9.64 Å². The molecule has 0 N–H and O–H groups in total. The molecule has 10 heteroatoms. The monoisotopic (exact) mass is 471 g/mol. The van der Waals surface area contributed by atoms with Crippen LogP contribution in [0, 0.1) is 5.92 Å². The van der Waals surface area contributed by atoms with Crippen molar-refractivity contribution in [3.63, 3.8) is 0 Å². The van der Waals surface area contributed by atoms with E-state index in [4.69, 9.17) is 16.3 Å². The zero-order chi connectivity index (χ0) is 23.3. The van der Waals surface area contributed by atoms with Crippen LogP contribution >= 0.6 is 11.6 Å². The van der Waals surface area contributed by atoms with E-state index in [9.17, 15) is 14.4 Å². The third-order valence-electron chi connectivity index (χ3n) is 6.52. The summed E-state index contributed by atoms with van der Waals surface area (Å²) in [6.45, 7) is 1.64. The van der Waals surface area contributed by atoms with Crippen molar-refractivity contribution in [1.82, 2.24) is 23.6 Å². The number of nitrogens with zero attached hydrogens (tertiary/aromatic N) is 5. The number of fused-ring (bicyclic) bond motifs is 1. The zero-order valence-electron chi connectivity index (χ0n) is 18.7. The number of halogens is 1. The maximum Gasteiger partial charge on any atom is 0.332 e. The van der Waals surface area contributed by atoms with Gasteiger partial charge in [0.05, 0.1) is 6.54 Å². The molecule has 1 aliphatic carbocycles. The van der Waals surface area contributed by atoms with E-state index in [1.54, 1.807) is 23.7 Å². The lowest BCUT2D eigenvalue weighted by molar-refractivity contribution is -0.134. The number of benzene rings is 1. The normalized spacial score (nSPS) is 17.0. The number of carbonyl (C=O) groups is 1. The molecule has 5 rings (SSSR count). The molecule has 0 unspecified atom stereocenters. The lowest BCUT2D eigenvalue weighted by atomic mass is 10.1. The summed E-state index contributed by atoms with van der Waals surface area (Å²) in [5, 5.41) is 0.622. The van der Waals surface area contributed by atoms with E-state index in [1.807, 2.05) is 17.0 Å². The highest BCUT2D eigenvalue weighted by molar-refractivity contribution is 6.30. The van der Waals surface area contributed by atoms with E-state index in [-0.39, 0.29) is 23.6 Å². The molecule has 1 aliphatic heterocycles. The SMILES string of the molecule is Cn1c(=O)c2c(nc(OC3CCN(C(=O)C4CC4)CC3)n2Cc2ccc(Cl)cc2)n(C)c1=O. The fraction of sp³-hybridized carbons (Fsp3) is 0.478. The molecule has 33 heavy (non-hydrogen) atoms. The Bertz CT molecular complexity index is 1330. The standard InChI is InChI=1S/C23H26ClN5O4/c1-26-19-18(21(31)27(2)23(26)32)29(13-14-3-7-16(24)8-4-14)22(25-19)33-17-9-11-28(12-10-17)20(30)15-5-6-15/h3-4,7-8,15,17H,5-6,9-13H2,1-2H3. The molecule has 0 radical (unpaired) electrons. The van der Waals surface area contributed by atoms with E-state index in [0.29, 0.717) is 49.0 Å². The Kier molecular flexibility index (Phi) is 5.52. The average molecular weight is 472 g/mol. The molecule has 174 valence electrons. The molecular weight excluding hydrogens is 446 g/mol. The predicted molar refractivity (Wildman–Crippen MR) is 124 cm³/mol. The Morgan fingerprint density at radius 1 is 1.06 bits per heavy atom. The molecule has 2 fully saturated rings. The lowest BCUT2D eigenvalue weighted by Crippen LogP contribution is -2.42. The average Bonchev–Trinajstić information content (AvgIpc) is 3.61. The first-order chi connectivity index (χ1) is 15.8. The first-order valence-electron chi connectivity index (χ1n) is 11.2. The van der Waals surface area contributed by atoms with E-state index >= 15 is 0 Å². The molecular formula is C23H26ClN5O4. The third-order valence-corrected chi connectivity index (χ3v) is 6.77. The van der Waals surface area contributed by atoms with Crippen LogP contribution in [0.1, 0.15) is 31.2 Å². The molecule has 1 amide bonds. The topological polar surface area (TPSA) is 91.4 Å². The summed E-state index contributed by atoms with van der Waals surface area (Å²) in [6, 6.07) is 7.64. The Labute approximate surface area is 195 Å². The molecule has 2 aliphatic rings. The summed E-state index contributed by atoms with van der Waals surface area (Å²) in [5.41, 5.74) is 0.653. The Hall–Kier alpha value is -3.07. The Balaban J connectivity index is 1.48. The number of likely N-dealkylation sites (tertiary alicyclic amines) is 1. The van der Waals surface area contributed by atoms with Gasteiger partial charge in [0.1, 0.15) is 6.10 Å². The first-order valence-corrected chi connectivity index (χ1v) is 11.6. The third kappa shape index (κ3) is 4.06. The van der Waals surface area contributed by atoms with Crippen LogP contribution in [0.2, 0.25) is 5.02 Å². The number of hydrogen-bond donors (Lipinski definition) is 0. The van der Waals surface area contributed by atoms with Crippen molar-refractivity contribution in [2.24, 2.45) is 20.0 Å². The van der Waals surface area contributed by atoms with Gasteiger partial charge in [-0.3, -0.25) is 23.3 Å². The molecule has 0 bridgehead atoms. The fourth-order valence-corrected chi connectivity index (χ4v) is 4.49. The molecule has 1 saturated heterocycles. The van der Waals surface area contributed by atoms with Crippen molar-refractivity contribution in [3.8, 4) is 6.01 Å². The second-order valence-corrected chi connectivity index (χ2v) is 9.34. The van der Waals surface area contributed by atoms with E-state index in [2.05, 4.69) is 4.98 Å². The highest BCUT2D eigenvalue weighted by atomic mass is 35.5. The summed E-state index contributed by atoms with van der Waals surface area (Å²) < 4.78 is 10.4. The molecule has 3 aromatic rings. The van der Waals surface area contributed by atoms with Gasteiger partial charge in [0.15, 0.2) is 11.2 Å². The van der Waals surface area contributed by atoms with Gasteiger partial charge in [-0.15, -0.1) is 0 Å². The number of aromatic nitrogens is 4. The molecule has 0 spiro atoms. The van der Waals surface area contributed by atoms with Crippen molar-refractivity contribution >= 4 is 28.7 Å². The van der Waals surface area contributed by atoms with Crippen LogP contribution in [0.3, 0.4) is 0 Å². The molecule has 1 saturated carbocycles. The predicted octanol–water partition coefficient (Wildman–Crippen LogP) is 1.92. The number of rotatable bonds is 5. The quantitative estimate of drug-likeness (QED) is 0.567.